The number of hydrogen-bond donors (Lipinski definition) is 1. The molecule has 2 aromatic rings. The molecule has 7 nitrogen and oxygen atoms in total. The summed E-state index contributed by atoms with van der Waals surface area (Å²) in [6.45, 7) is 6.04. The molecule has 0 spiro atoms. The first-order valence-corrected chi connectivity index (χ1v) is 8.23. The highest BCUT2D eigenvalue weighted by atomic mass is 32.2. The Hall–Kier alpha value is -1.96. The van der Waals surface area contributed by atoms with Crippen molar-refractivity contribution in [2.24, 2.45) is 7.05 Å². The van der Waals surface area contributed by atoms with Gasteiger partial charge in [-0.25, -0.2) is 18.1 Å². The first-order chi connectivity index (χ1) is 9.49. The average molecular weight is 310 g/mol. The number of hydrogen-bond acceptors (Lipinski definition) is 5. The summed E-state index contributed by atoms with van der Waals surface area (Å²) in [5, 5.41) is 5.18. The molecule has 0 aliphatic carbocycles. The molecule has 21 heavy (non-hydrogen) atoms. The van der Waals surface area contributed by atoms with Crippen molar-refractivity contribution in [2.45, 2.75) is 26.2 Å². The Kier molecular flexibility index (Phi) is 3.53. The molecule has 0 radical (unpaired) electrons. The topological polar surface area (TPSA) is 94.0 Å². The molecule has 0 saturated carbocycles. The van der Waals surface area contributed by atoms with E-state index >= 15 is 0 Å². The van der Waals surface area contributed by atoms with Crippen LogP contribution in [0.4, 0.5) is 0 Å². The van der Waals surface area contributed by atoms with Crippen LogP contribution in [0.3, 0.4) is 0 Å². The molecule has 114 valence electrons. The fourth-order valence-corrected chi connectivity index (χ4v) is 2.50. The Morgan fingerprint density at radius 1 is 1.33 bits per heavy atom. The van der Waals surface area contributed by atoms with E-state index in [0.29, 0.717) is 5.65 Å². The quantitative estimate of drug-likeness (QED) is 0.891. The van der Waals surface area contributed by atoms with Crippen LogP contribution in [0.2, 0.25) is 0 Å². The van der Waals surface area contributed by atoms with Gasteiger partial charge in [0.15, 0.2) is 5.65 Å². The minimum Gasteiger partial charge on any atom is -0.268 e. The van der Waals surface area contributed by atoms with Crippen molar-refractivity contribution in [3.8, 4) is 0 Å². The van der Waals surface area contributed by atoms with Crippen molar-refractivity contribution in [2.75, 3.05) is 6.26 Å². The summed E-state index contributed by atoms with van der Waals surface area (Å²) in [7, 11) is -1.83. The number of aryl methyl sites for hydroxylation is 1. The van der Waals surface area contributed by atoms with E-state index in [4.69, 9.17) is 0 Å². The number of carbonyl (C=O) groups excluding carboxylic acids is 1. The third kappa shape index (κ3) is 3.21. The molecule has 1 amide bonds. The second-order valence-corrected chi connectivity index (χ2v) is 7.77. The van der Waals surface area contributed by atoms with Crippen LogP contribution in [-0.2, 0) is 22.5 Å². The van der Waals surface area contributed by atoms with Gasteiger partial charge in [-0.05, 0) is 6.07 Å². The van der Waals surface area contributed by atoms with E-state index < -0.39 is 15.9 Å². The van der Waals surface area contributed by atoms with Crippen LogP contribution in [0, 0.1) is 0 Å². The lowest BCUT2D eigenvalue weighted by atomic mass is 9.90. The number of fused-ring (bicyclic) bond motifs is 1. The lowest BCUT2D eigenvalue weighted by Gasteiger charge is -2.15. The van der Waals surface area contributed by atoms with Gasteiger partial charge in [-0.3, -0.25) is 9.48 Å². The van der Waals surface area contributed by atoms with Crippen molar-refractivity contribution < 1.29 is 13.2 Å². The largest absolute Gasteiger partial charge is 0.268 e. The lowest BCUT2D eigenvalue weighted by Crippen LogP contribution is -2.29. The molecule has 1 N–H and O–H groups in total. The third-order valence-corrected chi connectivity index (χ3v) is 3.49. The summed E-state index contributed by atoms with van der Waals surface area (Å²) in [5.41, 5.74) is 1.43. The van der Waals surface area contributed by atoms with Gasteiger partial charge in [0, 0.05) is 24.0 Å². The Morgan fingerprint density at radius 3 is 2.48 bits per heavy atom. The van der Waals surface area contributed by atoms with E-state index in [0.717, 1.165) is 17.3 Å². The zero-order chi connectivity index (χ0) is 16.0. The maximum Gasteiger partial charge on any atom is 0.266 e. The summed E-state index contributed by atoms with van der Waals surface area (Å²) in [4.78, 5) is 16.1. The van der Waals surface area contributed by atoms with Gasteiger partial charge in [-0.2, -0.15) is 5.10 Å². The summed E-state index contributed by atoms with van der Waals surface area (Å²) >= 11 is 0. The van der Waals surface area contributed by atoms with Gasteiger partial charge in [0.2, 0.25) is 10.0 Å². The molecule has 0 fully saturated rings. The monoisotopic (exact) mass is 310 g/mol. The van der Waals surface area contributed by atoms with Crippen molar-refractivity contribution >= 4 is 27.0 Å². The highest BCUT2D eigenvalue weighted by Crippen LogP contribution is 2.28. The molecule has 0 atom stereocenters. The predicted octanol–water partition coefficient (Wildman–Crippen LogP) is 0.955. The molecular formula is C13H18N4O3S. The molecule has 8 heteroatoms. The predicted molar refractivity (Wildman–Crippen MR) is 79.5 cm³/mol. The highest BCUT2D eigenvalue weighted by Gasteiger charge is 2.23. The Bertz CT molecular complexity index is 816. The smallest absolute Gasteiger partial charge is 0.266 e. The number of nitrogens with zero attached hydrogens (tertiary/aromatic N) is 3. The Morgan fingerprint density at radius 2 is 1.95 bits per heavy atom. The molecule has 0 aliphatic rings. The van der Waals surface area contributed by atoms with Gasteiger partial charge >= 0.3 is 0 Å². The second-order valence-electron chi connectivity index (χ2n) is 6.02. The fraction of sp³-hybridized carbons (Fsp3) is 0.462. The number of amides is 1. The number of aromatic nitrogens is 3. The lowest BCUT2D eigenvalue weighted by molar-refractivity contribution is 0.0981. The van der Waals surface area contributed by atoms with Crippen LogP contribution in [0.25, 0.3) is 11.0 Å². The highest BCUT2D eigenvalue weighted by molar-refractivity contribution is 7.89. The number of carbonyl (C=O) groups is 1. The van der Waals surface area contributed by atoms with E-state index in [-0.39, 0.29) is 11.0 Å². The molecule has 0 aliphatic heterocycles. The maximum absolute atomic E-state index is 11.9. The van der Waals surface area contributed by atoms with Crippen LogP contribution in [0.15, 0.2) is 12.3 Å². The van der Waals surface area contributed by atoms with Crippen molar-refractivity contribution in [3.63, 3.8) is 0 Å². The normalized spacial score (nSPS) is 12.6. The molecular weight excluding hydrogens is 292 g/mol. The van der Waals surface area contributed by atoms with Crippen molar-refractivity contribution in [3.05, 3.63) is 23.5 Å². The number of pyridine rings is 1. The van der Waals surface area contributed by atoms with Gasteiger partial charge < -0.3 is 0 Å². The number of nitrogens with one attached hydrogen (secondary N) is 1. The van der Waals surface area contributed by atoms with Gasteiger partial charge in [0.05, 0.1) is 17.5 Å². The average Bonchev–Trinajstić information content (AvgIpc) is 2.64. The van der Waals surface area contributed by atoms with Gasteiger partial charge in [0.1, 0.15) is 0 Å². The van der Waals surface area contributed by atoms with Crippen molar-refractivity contribution in [1.82, 2.24) is 19.5 Å². The zero-order valence-electron chi connectivity index (χ0n) is 12.6. The third-order valence-electron chi connectivity index (χ3n) is 2.93. The maximum atomic E-state index is 11.9. The number of rotatable bonds is 2. The molecule has 2 aromatic heterocycles. The molecule has 0 bridgehead atoms. The summed E-state index contributed by atoms with van der Waals surface area (Å²) < 4.78 is 25.9. The minimum absolute atomic E-state index is 0.187. The van der Waals surface area contributed by atoms with Crippen LogP contribution < -0.4 is 4.72 Å². The van der Waals surface area contributed by atoms with E-state index in [2.05, 4.69) is 10.1 Å². The Labute approximate surface area is 123 Å². The fourth-order valence-electron chi connectivity index (χ4n) is 2.05. The zero-order valence-corrected chi connectivity index (χ0v) is 13.4. The summed E-state index contributed by atoms with van der Waals surface area (Å²) in [6.07, 6.45) is 2.28. The molecule has 2 rings (SSSR count). The van der Waals surface area contributed by atoms with Gasteiger partial charge in [-0.15, -0.1) is 0 Å². The first-order valence-electron chi connectivity index (χ1n) is 6.34. The molecule has 0 saturated heterocycles. The SMILES string of the molecule is Cn1nc(C(C)(C)C)c2cc(C(=O)NS(C)(=O)=O)cnc21. The number of sulfonamides is 1. The van der Waals surface area contributed by atoms with E-state index in [9.17, 15) is 13.2 Å². The molecule has 2 heterocycles. The van der Waals surface area contributed by atoms with Crippen LogP contribution >= 0.6 is 0 Å². The first kappa shape index (κ1) is 15.4. The minimum atomic E-state index is -3.61. The van der Waals surface area contributed by atoms with Gasteiger partial charge in [-0.1, -0.05) is 20.8 Å². The molecule has 0 aromatic carbocycles. The van der Waals surface area contributed by atoms with Crippen LogP contribution in [0.5, 0.6) is 0 Å². The standard InChI is InChI=1S/C13H18N4O3S/c1-13(2,3)10-9-6-8(12(18)16-21(5,19)20)7-14-11(9)17(4)15-10/h6-7H,1-5H3,(H,16,18). The van der Waals surface area contributed by atoms with E-state index in [1.54, 1.807) is 17.8 Å². The van der Waals surface area contributed by atoms with Crippen LogP contribution in [0.1, 0.15) is 36.8 Å². The van der Waals surface area contributed by atoms with Crippen LogP contribution in [-0.4, -0.2) is 35.3 Å². The van der Waals surface area contributed by atoms with E-state index in [1.807, 2.05) is 25.5 Å². The summed E-state index contributed by atoms with van der Waals surface area (Å²) in [6, 6.07) is 1.62. The second kappa shape index (κ2) is 4.80. The van der Waals surface area contributed by atoms with Crippen molar-refractivity contribution in [1.29, 1.82) is 0 Å². The van der Waals surface area contributed by atoms with Gasteiger partial charge in [0.25, 0.3) is 5.91 Å². The molecule has 0 unspecified atom stereocenters. The summed E-state index contributed by atoms with van der Waals surface area (Å²) in [5.74, 6) is -0.699. The van der Waals surface area contributed by atoms with E-state index in [1.165, 1.54) is 6.20 Å². The Balaban J connectivity index is 2.58.